The first kappa shape index (κ1) is 9.85. The van der Waals surface area contributed by atoms with Gasteiger partial charge in [-0.05, 0) is 6.42 Å². The average Bonchev–Trinajstić information content (AvgIpc) is 2.19. The topological polar surface area (TPSA) is 62.1 Å². The van der Waals surface area contributed by atoms with Crippen LogP contribution in [0, 0.1) is 0 Å². The number of rotatable bonds is 5. The summed E-state index contributed by atoms with van der Waals surface area (Å²) in [6.07, 6.45) is 5.91. The Morgan fingerprint density at radius 3 is 2.62 bits per heavy atom. The molecule has 0 saturated carbocycles. The monoisotopic (exact) mass is 182 g/mol. The zero-order valence-corrected chi connectivity index (χ0v) is 7.72. The van der Waals surface area contributed by atoms with E-state index in [0.29, 0.717) is 12.5 Å². The average molecular weight is 182 g/mol. The number of anilines is 1. The lowest BCUT2D eigenvalue weighted by Crippen LogP contribution is -2.21. The molecule has 72 valence electrons. The third-order valence-electron chi connectivity index (χ3n) is 1.68. The smallest absolute Gasteiger partial charge is 0.252 e. The molecule has 5 nitrogen and oxygen atoms in total. The van der Waals surface area contributed by atoms with Gasteiger partial charge in [0.25, 0.3) is 5.95 Å². The molecule has 5 heteroatoms. The second-order valence-corrected chi connectivity index (χ2v) is 2.77. The number of hydroxylamine groups is 1. The SMILES string of the molecule is CCCCCN(O)c1ncncn1. The van der Waals surface area contributed by atoms with Gasteiger partial charge in [0.1, 0.15) is 12.7 Å². The maximum atomic E-state index is 9.43. The second kappa shape index (κ2) is 5.42. The first-order valence-electron chi connectivity index (χ1n) is 4.43. The molecule has 1 rings (SSSR count). The van der Waals surface area contributed by atoms with Crippen molar-refractivity contribution in [1.29, 1.82) is 0 Å². The standard InChI is InChI=1S/C8H14N4O/c1-2-3-4-5-12(13)8-10-6-9-7-11-8/h6-7,13H,2-5H2,1H3. The van der Waals surface area contributed by atoms with Crippen LogP contribution in [0.3, 0.4) is 0 Å². The highest BCUT2D eigenvalue weighted by Gasteiger charge is 2.03. The van der Waals surface area contributed by atoms with Crippen molar-refractivity contribution in [3.63, 3.8) is 0 Å². The number of nitrogens with zero attached hydrogens (tertiary/aromatic N) is 4. The largest absolute Gasteiger partial charge is 0.286 e. The maximum absolute atomic E-state index is 9.43. The molecule has 0 fully saturated rings. The highest BCUT2D eigenvalue weighted by atomic mass is 16.5. The summed E-state index contributed by atoms with van der Waals surface area (Å²) in [4.78, 5) is 11.3. The van der Waals surface area contributed by atoms with Crippen molar-refractivity contribution < 1.29 is 5.21 Å². The Bertz CT molecular complexity index is 229. The van der Waals surface area contributed by atoms with Gasteiger partial charge < -0.3 is 0 Å². The van der Waals surface area contributed by atoms with Gasteiger partial charge in [-0.25, -0.2) is 10.0 Å². The normalized spacial score (nSPS) is 10.0. The van der Waals surface area contributed by atoms with Gasteiger partial charge in [-0.15, -0.1) is 0 Å². The summed E-state index contributed by atoms with van der Waals surface area (Å²) >= 11 is 0. The van der Waals surface area contributed by atoms with Gasteiger partial charge in [-0.1, -0.05) is 19.8 Å². The lowest BCUT2D eigenvalue weighted by atomic mass is 10.2. The van der Waals surface area contributed by atoms with E-state index in [9.17, 15) is 5.21 Å². The predicted octanol–water partition coefficient (Wildman–Crippen LogP) is 1.26. The molecule has 0 radical (unpaired) electrons. The molecule has 0 amide bonds. The van der Waals surface area contributed by atoms with Crippen molar-refractivity contribution >= 4 is 5.95 Å². The summed E-state index contributed by atoms with van der Waals surface area (Å²) in [6.45, 7) is 2.68. The lowest BCUT2D eigenvalue weighted by molar-refractivity contribution is 0.244. The quantitative estimate of drug-likeness (QED) is 0.548. The van der Waals surface area contributed by atoms with Gasteiger partial charge >= 0.3 is 0 Å². The summed E-state index contributed by atoms with van der Waals surface area (Å²) in [5.41, 5.74) is 0. The van der Waals surface area contributed by atoms with Crippen LogP contribution in [0.2, 0.25) is 0 Å². The van der Waals surface area contributed by atoms with E-state index in [1.165, 1.54) is 12.7 Å². The van der Waals surface area contributed by atoms with Crippen molar-refractivity contribution in [2.75, 3.05) is 11.6 Å². The van der Waals surface area contributed by atoms with Crippen molar-refractivity contribution in [3.8, 4) is 0 Å². The molecular weight excluding hydrogens is 168 g/mol. The highest BCUT2D eigenvalue weighted by Crippen LogP contribution is 2.03. The van der Waals surface area contributed by atoms with Gasteiger partial charge in [-0.2, -0.15) is 9.97 Å². The third kappa shape index (κ3) is 3.33. The van der Waals surface area contributed by atoms with E-state index >= 15 is 0 Å². The van der Waals surface area contributed by atoms with Crippen LogP contribution in [0.5, 0.6) is 0 Å². The Hall–Kier alpha value is -1.23. The molecule has 0 aliphatic heterocycles. The molecule has 0 saturated heterocycles. The van der Waals surface area contributed by atoms with Gasteiger partial charge in [0, 0.05) is 6.54 Å². The van der Waals surface area contributed by atoms with Crippen LogP contribution in [0.4, 0.5) is 5.95 Å². The molecule has 0 aliphatic rings. The third-order valence-corrected chi connectivity index (χ3v) is 1.68. The van der Waals surface area contributed by atoms with Gasteiger partial charge in [0.15, 0.2) is 0 Å². The number of hydrogen-bond donors (Lipinski definition) is 1. The highest BCUT2D eigenvalue weighted by molar-refractivity contribution is 5.20. The first-order chi connectivity index (χ1) is 6.34. The zero-order valence-electron chi connectivity index (χ0n) is 7.72. The molecule has 0 aromatic carbocycles. The first-order valence-corrected chi connectivity index (χ1v) is 4.43. The predicted molar refractivity (Wildman–Crippen MR) is 48.5 cm³/mol. The molecule has 0 spiro atoms. The molecular formula is C8H14N4O. The molecule has 1 heterocycles. The Balaban J connectivity index is 2.35. The van der Waals surface area contributed by atoms with Crippen molar-refractivity contribution in [2.24, 2.45) is 0 Å². The summed E-state index contributed by atoms with van der Waals surface area (Å²) in [5, 5.41) is 10.5. The molecule has 0 atom stereocenters. The van der Waals surface area contributed by atoms with E-state index in [1.54, 1.807) is 0 Å². The van der Waals surface area contributed by atoms with Crippen LogP contribution in [0.15, 0.2) is 12.7 Å². The molecule has 0 unspecified atom stereocenters. The van der Waals surface area contributed by atoms with Crippen LogP contribution < -0.4 is 5.06 Å². The minimum Gasteiger partial charge on any atom is -0.286 e. The summed E-state index contributed by atoms with van der Waals surface area (Å²) in [6, 6.07) is 0. The molecule has 1 N–H and O–H groups in total. The lowest BCUT2D eigenvalue weighted by Gasteiger charge is -2.12. The number of aromatic nitrogens is 3. The van der Waals surface area contributed by atoms with Crippen molar-refractivity contribution in [2.45, 2.75) is 26.2 Å². The van der Waals surface area contributed by atoms with Crippen LogP contribution in [-0.4, -0.2) is 26.7 Å². The van der Waals surface area contributed by atoms with Gasteiger partial charge in [-0.3, -0.25) is 5.21 Å². The van der Waals surface area contributed by atoms with Crippen molar-refractivity contribution in [1.82, 2.24) is 15.0 Å². The number of unbranched alkanes of at least 4 members (excludes halogenated alkanes) is 2. The minimum atomic E-state index is 0.311. The Kier molecular flexibility index (Phi) is 4.11. The second-order valence-electron chi connectivity index (χ2n) is 2.77. The summed E-state index contributed by atoms with van der Waals surface area (Å²) < 4.78 is 0. The molecule has 0 aliphatic carbocycles. The fourth-order valence-corrected chi connectivity index (χ4v) is 0.978. The van der Waals surface area contributed by atoms with Crippen LogP contribution in [0.1, 0.15) is 26.2 Å². The fraction of sp³-hybridized carbons (Fsp3) is 0.625. The molecule has 1 aromatic heterocycles. The van der Waals surface area contributed by atoms with E-state index in [0.717, 1.165) is 24.3 Å². The molecule has 13 heavy (non-hydrogen) atoms. The van der Waals surface area contributed by atoms with E-state index in [-0.39, 0.29) is 0 Å². The Morgan fingerprint density at radius 2 is 2.00 bits per heavy atom. The van der Waals surface area contributed by atoms with Gasteiger partial charge in [0.2, 0.25) is 0 Å². The Morgan fingerprint density at radius 1 is 1.31 bits per heavy atom. The minimum absolute atomic E-state index is 0.311. The van der Waals surface area contributed by atoms with Gasteiger partial charge in [0.05, 0.1) is 0 Å². The fourth-order valence-electron chi connectivity index (χ4n) is 0.978. The van der Waals surface area contributed by atoms with E-state index in [1.807, 2.05) is 0 Å². The van der Waals surface area contributed by atoms with E-state index < -0.39 is 0 Å². The van der Waals surface area contributed by atoms with Crippen molar-refractivity contribution in [3.05, 3.63) is 12.7 Å². The molecule has 0 bridgehead atoms. The number of hydrogen-bond acceptors (Lipinski definition) is 5. The summed E-state index contributed by atoms with van der Waals surface area (Å²) in [5.74, 6) is 0.311. The molecule has 1 aromatic rings. The van der Waals surface area contributed by atoms with Crippen LogP contribution in [0.25, 0.3) is 0 Å². The van der Waals surface area contributed by atoms with E-state index in [4.69, 9.17) is 0 Å². The summed E-state index contributed by atoms with van der Waals surface area (Å²) in [7, 11) is 0. The maximum Gasteiger partial charge on any atom is 0.252 e. The van der Waals surface area contributed by atoms with Crippen LogP contribution >= 0.6 is 0 Å². The Labute approximate surface area is 77.4 Å². The van der Waals surface area contributed by atoms with E-state index in [2.05, 4.69) is 21.9 Å². The van der Waals surface area contributed by atoms with Crippen LogP contribution in [-0.2, 0) is 0 Å². The zero-order chi connectivity index (χ0) is 9.52.